The number of fused-ring (bicyclic) bond motifs is 1. The van der Waals surface area contributed by atoms with Crippen molar-refractivity contribution in [3.63, 3.8) is 0 Å². The maximum atomic E-state index is 4.33. The van der Waals surface area contributed by atoms with Gasteiger partial charge in [-0.25, -0.2) is 9.50 Å². The van der Waals surface area contributed by atoms with Gasteiger partial charge in [0.05, 0.1) is 6.20 Å². The highest BCUT2D eigenvalue weighted by atomic mass is 15.2. The van der Waals surface area contributed by atoms with E-state index in [4.69, 9.17) is 0 Å². The molecule has 2 aromatic heterocycles. The van der Waals surface area contributed by atoms with Crippen LogP contribution in [-0.4, -0.2) is 20.6 Å². The average Bonchev–Trinajstić information content (AvgIpc) is 2.66. The fourth-order valence-corrected chi connectivity index (χ4v) is 1.35. The topological polar surface area (TPSA) is 42.2 Å². The summed E-state index contributed by atoms with van der Waals surface area (Å²) in [6.45, 7) is 6.54. The largest absolute Gasteiger partial charge is 0.366 e. The first kappa shape index (κ1) is 9.96. The molecule has 0 saturated carbocycles. The molecule has 2 heterocycles. The molecule has 2 aromatic rings. The summed E-state index contributed by atoms with van der Waals surface area (Å²) in [7, 11) is 0. The van der Waals surface area contributed by atoms with Gasteiger partial charge in [0.25, 0.3) is 0 Å². The second-order valence-corrected chi connectivity index (χ2v) is 4.11. The summed E-state index contributed by atoms with van der Waals surface area (Å²) >= 11 is 0. The number of anilines is 1. The minimum atomic E-state index is 0.401. The third-order valence-electron chi connectivity index (χ3n) is 2.69. The van der Waals surface area contributed by atoms with E-state index in [-0.39, 0.29) is 0 Å². The van der Waals surface area contributed by atoms with E-state index in [0.717, 1.165) is 11.3 Å². The Hall–Kier alpha value is -1.58. The molecule has 0 bridgehead atoms. The minimum absolute atomic E-state index is 0.401. The summed E-state index contributed by atoms with van der Waals surface area (Å²) in [6, 6.07) is 2.36. The Bertz CT molecular complexity index is 447. The van der Waals surface area contributed by atoms with Crippen molar-refractivity contribution in [2.45, 2.75) is 26.8 Å². The number of aromatic nitrogens is 3. The second kappa shape index (κ2) is 3.88. The van der Waals surface area contributed by atoms with Crippen molar-refractivity contribution in [2.24, 2.45) is 5.92 Å². The molecule has 0 aliphatic rings. The number of nitrogens with zero attached hydrogens (tertiary/aromatic N) is 3. The number of rotatable bonds is 3. The molecule has 15 heavy (non-hydrogen) atoms. The van der Waals surface area contributed by atoms with Crippen LogP contribution in [0, 0.1) is 5.92 Å². The lowest BCUT2D eigenvalue weighted by molar-refractivity contribution is 0.558. The van der Waals surface area contributed by atoms with Crippen LogP contribution in [0.4, 0.5) is 5.82 Å². The first-order valence-corrected chi connectivity index (χ1v) is 5.23. The molecule has 0 fully saturated rings. The average molecular weight is 204 g/mol. The van der Waals surface area contributed by atoms with Crippen LogP contribution in [0.2, 0.25) is 0 Å². The van der Waals surface area contributed by atoms with Crippen LogP contribution in [-0.2, 0) is 0 Å². The molecule has 0 spiro atoms. The zero-order chi connectivity index (χ0) is 10.8. The molecule has 0 aliphatic heterocycles. The van der Waals surface area contributed by atoms with Gasteiger partial charge in [-0.2, -0.15) is 5.10 Å². The number of hydrogen-bond acceptors (Lipinski definition) is 3. The molecule has 4 heteroatoms. The zero-order valence-electron chi connectivity index (χ0n) is 9.31. The van der Waals surface area contributed by atoms with Crippen molar-refractivity contribution in [3.8, 4) is 0 Å². The lowest BCUT2D eigenvalue weighted by Crippen LogP contribution is -2.22. The molecule has 0 aliphatic carbocycles. The van der Waals surface area contributed by atoms with E-state index in [1.165, 1.54) is 0 Å². The molecule has 80 valence electrons. The Morgan fingerprint density at radius 3 is 2.80 bits per heavy atom. The predicted molar refractivity (Wildman–Crippen MR) is 60.9 cm³/mol. The van der Waals surface area contributed by atoms with E-state index in [1.54, 1.807) is 12.4 Å². The van der Waals surface area contributed by atoms with Gasteiger partial charge in [-0.15, -0.1) is 0 Å². The van der Waals surface area contributed by atoms with E-state index < -0.39 is 0 Å². The SMILES string of the molecule is CC(C)C(C)Nc1nccn2nccc12. The van der Waals surface area contributed by atoms with Crippen molar-refractivity contribution in [1.82, 2.24) is 14.6 Å². The molecule has 2 rings (SSSR count). The van der Waals surface area contributed by atoms with E-state index in [9.17, 15) is 0 Å². The van der Waals surface area contributed by atoms with E-state index in [1.807, 2.05) is 16.8 Å². The Morgan fingerprint density at radius 2 is 2.07 bits per heavy atom. The number of nitrogens with one attached hydrogen (secondary N) is 1. The van der Waals surface area contributed by atoms with Crippen LogP contribution in [0.25, 0.3) is 5.52 Å². The van der Waals surface area contributed by atoms with Crippen molar-refractivity contribution >= 4 is 11.3 Å². The lowest BCUT2D eigenvalue weighted by Gasteiger charge is -2.18. The van der Waals surface area contributed by atoms with Gasteiger partial charge < -0.3 is 5.32 Å². The lowest BCUT2D eigenvalue weighted by atomic mass is 10.1. The quantitative estimate of drug-likeness (QED) is 0.833. The van der Waals surface area contributed by atoms with Gasteiger partial charge in [-0.05, 0) is 18.9 Å². The van der Waals surface area contributed by atoms with Crippen LogP contribution < -0.4 is 5.32 Å². The van der Waals surface area contributed by atoms with Crippen molar-refractivity contribution < 1.29 is 0 Å². The van der Waals surface area contributed by atoms with E-state index >= 15 is 0 Å². The molecule has 1 N–H and O–H groups in total. The molecule has 0 aromatic carbocycles. The normalized spacial score (nSPS) is 13.3. The molecule has 0 amide bonds. The Morgan fingerprint density at radius 1 is 1.27 bits per heavy atom. The van der Waals surface area contributed by atoms with Crippen molar-refractivity contribution in [1.29, 1.82) is 0 Å². The summed E-state index contributed by atoms with van der Waals surface area (Å²) in [4.78, 5) is 4.33. The summed E-state index contributed by atoms with van der Waals surface area (Å²) in [5.41, 5.74) is 1.02. The van der Waals surface area contributed by atoms with Gasteiger partial charge in [0, 0.05) is 18.4 Å². The molecule has 1 unspecified atom stereocenters. The van der Waals surface area contributed by atoms with Gasteiger partial charge in [0.1, 0.15) is 5.52 Å². The molecule has 0 radical (unpaired) electrons. The minimum Gasteiger partial charge on any atom is -0.366 e. The van der Waals surface area contributed by atoms with Gasteiger partial charge >= 0.3 is 0 Å². The molecular formula is C11H16N4. The smallest absolute Gasteiger partial charge is 0.152 e. The third kappa shape index (κ3) is 1.93. The fourth-order valence-electron chi connectivity index (χ4n) is 1.35. The monoisotopic (exact) mass is 204 g/mol. The van der Waals surface area contributed by atoms with Gasteiger partial charge in [-0.1, -0.05) is 13.8 Å². The molecule has 4 nitrogen and oxygen atoms in total. The summed E-state index contributed by atoms with van der Waals surface area (Å²) in [6.07, 6.45) is 5.39. The van der Waals surface area contributed by atoms with Gasteiger partial charge in [0.2, 0.25) is 0 Å². The van der Waals surface area contributed by atoms with Crippen molar-refractivity contribution in [3.05, 3.63) is 24.7 Å². The Labute approximate surface area is 89.3 Å². The number of hydrogen-bond donors (Lipinski definition) is 1. The molecule has 1 atom stereocenters. The van der Waals surface area contributed by atoms with E-state index in [2.05, 4.69) is 36.2 Å². The van der Waals surface area contributed by atoms with Crippen molar-refractivity contribution in [2.75, 3.05) is 5.32 Å². The van der Waals surface area contributed by atoms with Crippen LogP contribution >= 0.6 is 0 Å². The second-order valence-electron chi connectivity index (χ2n) is 4.11. The highest BCUT2D eigenvalue weighted by molar-refractivity contribution is 5.66. The predicted octanol–water partition coefficient (Wildman–Crippen LogP) is 2.19. The highest BCUT2D eigenvalue weighted by Crippen LogP contribution is 2.15. The fraction of sp³-hybridized carbons (Fsp3) is 0.455. The zero-order valence-corrected chi connectivity index (χ0v) is 9.31. The van der Waals surface area contributed by atoms with Gasteiger partial charge in [0.15, 0.2) is 5.82 Å². The Kier molecular flexibility index (Phi) is 2.58. The third-order valence-corrected chi connectivity index (χ3v) is 2.69. The van der Waals surface area contributed by atoms with Crippen LogP contribution in [0.5, 0.6) is 0 Å². The van der Waals surface area contributed by atoms with Crippen LogP contribution in [0.3, 0.4) is 0 Å². The standard InChI is InChI=1S/C11H16N4/c1-8(2)9(3)14-11-10-4-5-13-15(10)7-6-12-11/h4-9H,1-3H3,(H,12,14). The summed E-state index contributed by atoms with van der Waals surface area (Å²) < 4.78 is 1.82. The van der Waals surface area contributed by atoms with Crippen LogP contribution in [0.1, 0.15) is 20.8 Å². The highest BCUT2D eigenvalue weighted by Gasteiger charge is 2.09. The Balaban J connectivity index is 2.31. The maximum absolute atomic E-state index is 4.33. The summed E-state index contributed by atoms with van der Waals surface area (Å²) in [5.74, 6) is 1.48. The summed E-state index contributed by atoms with van der Waals surface area (Å²) in [5, 5.41) is 7.57. The first-order valence-electron chi connectivity index (χ1n) is 5.23. The molecule has 0 saturated heterocycles. The molecular weight excluding hydrogens is 188 g/mol. The maximum Gasteiger partial charge on any atom is 0.152 e. The van der Waals surface area contributed by atoms with E-state index in [0.29, 0.717) is 12.0 Å². The van der Waals surface area contributed by atoms with Gasteiger partial charge in [-0.3, -0.25) is 0 Å². The van der Waals surface area contributed by atoms with Crippen LogP contribution in [0.15, 0.2) is 24.7 Å². The first-order chi connectivity index (χ1) is 7.18.